The predicted octanol–water partition coefficient (Wildman–Crippen LogP) is 5.23. The van der Waals surface area contributed by atoms with E-state index in [1.54, 1.807) is 0 Å². The Morgan fingerprint density at radius 1 is 0.609 bits per heavy atom. The third-order valence-corrected chi connectivity index (χ3v) is 4.48. The SMILES string of the molecule is CCCCCCCCCC(O)C(O)COCCCCCCCC. The summed E-state index contributed by atoms with van der Waals surface area (Å²) < 4.78 is 5.48. The minimum atomic E-state index is -0.727. The minimum Gasteiger partial charge on any atom is -0.390 e. The molecule has 0 bridgehead atoms. The highest BCUT2D eigenvalue weighted by atomic mass is 16.5. The summed E-state index contributed by atoms with van der Waals surface area (Å²) in [6.45, 7) is 5.43. The van der Waals surface area contributed by atoms with Crippen molar-refractivity contribution in [3.8, 4) is 0 Å². The molecule has 0 radical (unpaired) electrons. The van der Waals surface area contributed by atoms with Crippen molar-refractivity contribution in [2.24, 2.45) is 0 Å². The zero-order chi connectivity index (χ0) is 17.2. The number of unbranched alkanes of at least 4 members (excludes halogenated alkanes) is 11. The molecule has 0 rings (SSSR count). The van der Waals surface area contributed by atoms with E-state index >= 15 is 0 Å². The fraction of sp³-hybridized carbons (Fsp3) is 1.00. The summed E-state index contributed by atoms with van der Waals surface area (Å²) in [4.78, 5) is 0. The largest absolute Gasteiger partial charge is 0.390 e. The molecule has 2 N–H and O–H groups in total. The summed E-state index contributed by atoms with van der Waals surface area (Å²) in [7, 11) is 0. The highest BCUT2D eigenvalue weighted by Gasteiger charge is 2.15. The van der Waals surface area contributed by atoms with Gasteiger partial charge in [-0.1, -0.05) is 90.9 Å². The van der Waals surface area contributed by atoms with Crippen molar-refractivity contribution < 1.29 is 14.9 Å². The summed E-state index contributed by atoms with van der Waals surface area (Å²) in [5.74, 6) is 0. The molecule has 23 heavy (non-hydrogen) atoms. The Labute approximate surface area is 144 Å². The lowest BCUT2D eigenvalue weighted by Crippen LogP contribution is -2.30. The van der Waals surface area contributed by atoms with Crippen LogP contribution in [0.15, 0.2) is 0 Å². The molecule has 0 amide bonds. The molecule has 0 aromatic rings. The van der Waals surface area contributed by atoms with Gasteiger partial charge in [0.2, 0.25) is 0 Å². The summed E-state index contributed by atoms with van der Waals surface area (Å²) in [5.41, 5.74) is 0. The standard InChI is InChI=1S/C20H42O3/c1-3-5-7-9-11-12-14-16-19(21)20(22)18-23-17-15-13-10-8-6-4-2/h19-22H,3-18H2,1-2H3. The van der Waals surface area contributed by atoms with Gasteiger partial charge in [-0.3, -0.25) is 0 Å². The van der Waals surface area contributed by atoms with Crippen LogP contribution in [0.5, 0.6) is 0 Å². The summed E-state index contributed by atoms with van der Waals surface area (Å²) in [6, 6.07) is 0. The predicted molar refractivity (Wildman–Crippen MR) is 98.8 cm³/mol. The van der Waals surface area contributed by atoms with E-state index in [9.17, 15) is 10.2 Å². The second kappa shape index (κ2) is 18.2. The van der Waals surface area contributed by atoms with Gasteiger partial charge in [0.25, 0.3) is 0 Å². The van der Waals surface area contributed by atoms with Crippen LogP contribution in [-0.4, -0.2) is 35.6 Å². The lowest BCUT2D eigenvalue weighted by atomic mass is 10.0. The quantitative estimate of drug-likeness (QED) is 0.338. The number of ether oxygens (including phenoxy) is 1. The molecule has 3 nitrogen and oxygen atoms in total. The zero-order valence-corrected chi connectivity index (χ0v) is 15.8. The molecule has 0 aromatic heterocycles. The highest BCUT2D eigenvalue weighted by molar-refractivity contribution is 4.66. The van der Waals surface area contributed by atoms with Crippen molar-refractivity contribution in [2.75, 3.05) is 13.2 Å². The van der Waals surface area contributed by atoms with E-state index < -0.39 is 12.2 Å². The zero-order valence-electron chi connectivity index (χ0n) is 15.8. The Bertz CT molecular complexity index is 221. The van der Waals surface area contributed by atoms with Gasteiger partial charge in [-0.25, -0.2) is 0 Å². The Morgan fingerprint density at radius 3 is 1.65 bits per heavy atom. The fourth-order valence-corrected chi connectivity index (χ4v) is 2.80. The van der Waals surface area contributed by atoms with Crippen molar-refractivity contribution in [3.05, 3.63) is 0 Å². The minimum absolute atomic E-state index is 0.270. The van der Waals surface area contributed by atoms with Crippen LogP contribution in [0.25, 0.3) is 0 Å². The molecule has 3 heteroatoms. The maximum Gasteiger partial charge on any atom is 0.103 e. The molecule has 0 aliphatic rings. The van der Waals surface area contributed by atoms with Gasteiger partial charge in [-0.05, 0) is 12.8 Å². The number of hydrogen-bond donors (Lipinski definition) is 2. The smallest absolute Gasteiger partial charge is 0.103 e. The van der Waals surface area contributed by atoms with E-state index in [2.05, 4.69) is 13.8 Å². The second-order valence-corrected chi connectivity index (χ2v) is 6.89. The molecular weight excluding hydrogens is 288 g/mol. The molecule has 0 aliphatic heterocycles. The Balaban J connectivity index is 3.33. The van der Waals surface area contributed by atoms with Gasteiger partial charge in [0.05, 0.1) is 12.7 Å². The van der Waals surface area contributed by atoms with Gasteiger partial charge in [0, 0.05) is 6.61 Å². The average Bonchev–Trinajstić information content (AvgIpc) is 2.56. The van der Waals surface area contributed by atoms with Gasteiger partial charge in [0.15, 0.2) is 0 Å². The molecule has 0 saturated heterocycles. The summed E-state index contributed by atoms with van der Waals surface area (Å²) in [6.07, 6.45) is 15.4. The van der Waals surface area contributed by atoms with Gasteiger partial charge < -0.3 is 14.9 Å². The van der Waals surface area contributed by atoms with Gasteiger partial charge in [0.1, 0.15) is 6.10 Å². The lowest BCUT2D eigenvalue weighted by molar-refractivity contribution is -0.0418. The molecule has 2 unspecified atom stereocenters. The summed E-state index contributed by atoms with van der Waals surface area (Å²) in [5, 5.41) is 19.8. The number of aliphatic hydroxyl groups is 2. The van der Waals surface area contributed by atoms with Crippen LogP contribution in [-0.2, 0) is 4.74 Å². The van der Waals surface area contributed by atoms with Crippen LogP contribution >= 0.6 is 0 Å². The first-order valence-corrected chi connectivity index (χ1v) is 10.2. The number of rotatable bonds is 18. The third kappa shape index (κ3) is 16.5. The van der Waals surface area contributed by atoms with Crippen molar-refractivity contribution in [1.29, 1.82) is 0 Å². The van der Waals surface area contributed by atoms with E-state index in [1.165, 1.54) is 64.2 Å². The van der Waals surface area contributed by atoms with E-state index in [-0.39, 0.29) is 6.61 Å². The maximum absolute atomic E-state index is 9.93. The van der Waals surface area contributed by atoms with E-state index in [4.69, 9.17) is 4.74 Å². The summed E-state index contributed by atoms with van der Waals surface area (Å²) >= 11 is 0. The van der Waals surface area contributed by atoms with Crippen LogP contribution in [0.1, 0.15) is 104 Å². The maximum atomic E-state index is 9.93. The van der Waals surface area contributed by atoms with Crippen molar-refractivity contribution in [2.45, 2.75) is 116 Å². The van der Waals surface area contributed by atoms with Crippen LogP contribution in [0.2, 0.25) is 0 Å². The third-order valence-electron chi connectivity index (χ3n) is 4.48. The average molecular weight is 331 g/mol. The normalized spacial score (nSPS) is 14.1. The second-order valence-electron chi connectivity index (χ2n) is 6.89. The van der Waals surface area contributed by atoms with E-state index in [1.807, 2.05) is 0 Å². The van der Waals surface area contributed by atoms with E-state index in [0.29, 0.717) is 13.0 Å². The molecule has 2 atom stereocenters. The number of hydrogen-bond acceptors (Lipinski definition) is 3. The topological polar surface area (TPSA) is 49.7 Å². The van der Waals surface area contributed by atoms with Gasteiger partial charge in [-0.15, -0.1) is 0 Å². The van der Waals surface area contributed by atoms with Crippen LogP contribution < -0.4 is 0 Å². The molecule has 0 aliphatic carbocycles. The lowest BCUT2D eigenvalue weighted by Gasteiger charge is -2.17. The molecular formula is C20H42O3. The molecule has 0 heterocycles. The van der Waals surface area contributed by atoms with Gasteiger partial charge in [-0.2, -0.15) is 0 Å². The van der Waals surface area contributed by atoms with Crippen molar-refractivity contribution in [3.63, 3.8) is 0 Å². The highest BCUT2D eigenvalue weighted by Crippen LogP contribution is 2.11. The molecule has 0 fully saturated rings. The van der Waals surface area contributed by atoms with Crippen LogP contribution in [0.3, 0.4) is 0 Å². The Morgan fingerprint density at radius 2 is 1.09 bits per heavy atom. The van der Waals surface area contributed by atoms with Gasteiger partial charge >= 0.3 is 0 Å². The Hall–Kier alpha value is -0.120. The first-order valence-electron chi connectivity index (χ1n) is 10.2. The first-order chi connectivity index (χ1) is 11.2. The van der Waals surface area contributed by atoms with Crippen LogP contribution in [0.4, 0.5) is 0 Å². The first kappa shape index (κ1) is 22.9. The van der Waals surface area contributed by atoms with Crippen molar-refractivity contribution in [1.82, 2.24) is 0 Å². The van der Waals surface area contributed by atoms with Crippen molar-refractivity contribution >= 4 is 0 Å². The fourth-order valence-electron chi connectivity index (χ4n) is 2.80. The Kier molecular flexibility index (Phi) is 18.1. The molecule has 0 spiro atoms. The molecule has 140 valence electrons. The van der Waals surface area contributed by atoms with Crippen LogP contribution in [0, 0.1) is 0 Å². The molecule has 0 aromatic carbocycles. The van der Waals surface area contributed by atoms with E-state index in [0.717, 1.165) is 19.3 Å². The number of aliphatic hydroxyl groups excluding tert-OH is 2. The molecule has 0 saturated carbocycles. The monoisotopic (exact) mass is 330 g/mol.